The summed E-state index contributed by atoms with van der Waals surface area (Å²) in [6.07, 6.45) is 3.04. The van der Waals surface area contributed by atoms with Gasteiger partial charge in [0.15, 0.2) is 0 Å². The minimum Gasteiger partial charge on any atom is -0.356 e. The van der Waals surface area contributed by atoms with Gasteiger partial charge in [0.05, 0.1) is 11.1 Å². The highest BCUT2D eigenvalue weighted by atomic mass is 35.5. The standard InChI is InChI=1S/C15H11ClFN3OS/c16-11-5-9(17)1-2-13(11)22-10-6-12(19-7-10)14(21)20-15(8-18)3-4-15/h1-2,5-7,19H,3-4H2,(H,20,21). The van der Waals surface area contributed by atoms with E-state index >= 15 is 0 Å². The zero-order valence-electron chi connectivity index (χ0n) is 11.3. The van der Waals surface area contributed by atoms with Crippen LogP contribution in [0, 0.1) is 17.1 Å². The van der Waals surface area contributed by atoms with E-state index in [1.807, 2.05) is 0 Å². The van der Waals surface area contributed by atoms with E-state index in [1.165, 1.54) is 23.9 Å². The molecule has 7 heteroatoms. The summed E-state index contributed by atoms with van der Waals surface area (Å²) in [7, 11) is 0. The van der Waals surface area contributed by atoms with Gasteiger partial charge in [0.1, 0.15) is 17.1 Å². The summed E-state index contributed by atoms with van der Waals surface area (Å²) in [4.78, 5) is 16.4. The van der Waals surface area contributed by atoms with Crippen LogP contribution >= 0.6 is 23.4 Å². The Morgan fingerprint density at radius 2 is 2.23 bits per heavy atom. The molecule has 0 radical (unpaired) electrons. The summed E-state index contributed by atoms with van der Waals surface area (Å²) in [5, 5.41) is 12.0. The van der Waals surface area contributed by atoms with Crippen LogP contribution in [0.1, 0.15) is 23.3 Å². The first-order valence-corrected chi connectivity index (χ1v) is 7.76. The van der Waals surface area contributed by atoms with Crippen LogP contribution in [0.4, 0.5) is 4.39 Å². The normalized spacial score (nSPS) is 15.1. The molecule has 0 unspecified atom stereocenters. The molecule has 1 amide bonds. The van der Waals surface area contributed by atoms with Gasteiger partial charge in [0.2, 0.25) is 0 Å². The van der Waals surface area contributed by atoms with Gasteiger partial charge in [0.25, 0.3) is 5.91 Å². The van der Waals surface area contributed by atoms with Crippen molar-refractivity contribution in [1.29, 1.82) is 5.26 Å². The van der Waals surface area contributed by atoms with Crippen LogP contribution in [0.2, 0.25) is 5.02 Å². The highest BCUT2D eigenvalue weighted by Gasteiger charge is 2.44. The van der Waals surface area contributed by atoms with Crippen LogP contribution in [0.25, 0.3) is 0 Å². The Bertz CT molecular complexity index is 779. The molecule has 3 rings (SSSR count). The molecule has 0 atom stereocenters. The van der Waals surface area contributed by atoms with Gasteiger partial charge in [-0.25, -0.2) is 4.39 Å². The number of benzene rings is 1. The van der Waals surface area contributed by atoms with E-state index in [0.717, 1.165) is 4.90 Å². The number of nitrogens with zero attached hydrogens (tertiary/aromatic N) is 1. The maximum absolute atomic E-state index is 13.0. The molecule has 1 aromatic carbocycles. The fourth-order valence-electron chi connectivity index (χ4n) is 1.92. The average Bonchev–Trinajstić information content (AvgIpc) is 3.10. The molecule has 22 heavy (non-hydrogen) atoms. The minimum atomic E-state index is -0.699. The number of halogens is 2. The summed E-state index contributed by atoms with van der Waals surface area (Å²) < 4.78 is 13.0. The Morgan fingerprint density at radius 3 is 2.86 bits per heavy atom. The zero-order chi connectivity index (χ0) is 15.7. The van der Waals surface area contributed by atoms with Gasteiger partial charge in [-0.1, -0.05) is 23.4 Å². The van der Waals surface area contributed by atoms with Gasteiger partial charge < -0.3 is 10.3 Å². The Hall–Kier alpha value is -1.97. The highest BCUT2D eigenvalue weighted by molar-refractivity contribution is 7.99. The first-order chi connectivity index (χ1) is 10.5. The Morgan fingerprint density at radius 1 is 1.45 bits per heavy atom. The van der Waals surface area contributed by atoms with Gasteiger partial charge >= 0.3 is 0 Å². The predicted molar refractivity (Wildman–Crippen MR) is 81.4 cm³/mol. The first-order valence-electron chi connectivity index (χ1n) is 6.56. The van der Waals surface area contributed by atoms with E-state index < -0.39 is 11.4 Å². The van der Waals surface area contributed by atoms with Gasteiger partial charge in [-0.05, 0) is 37.1 Å². The molecule has 2 aromatic rings. The lowest BCUT2D eigenvalue weighted by molar-refractivity contribution is 0.0937. The molecule has 2 N–H and O–H groups in total. The van der Waals surface area contributed by atoms with E-state index in [2.05, 4.69) is 16.4 Å². The summed E-state index contributed by atoms with van der Waals surface area (Å²) >= 11 is 7.30. The maximum Gasteiger partial charge on any atom is 0.268 e. The van der Waals surface area contributed by atoms with Crippen LogP contribution in [0.15, 0.2) is 40.3 Å². The zero-order valence-corrected chi connectivity index (χ0v) is 12.9. The molecule has 1 heterocycles. The van der Waals surface area contributed by atoms with Gasteiger partial charge in [-0.3, -0.25) is 4.79 Å². The van der Waals surface area contributed by atoms with Crippen molar-refractivity contribution >= 4 is 29.3 Å². The van der Waals surface area contributed by atoms with Crippen LogP contribution < -0.4 is 5.32 Å². The minimum absolute atomic E-state index is 0.309. The van der Waals surface area contributed by atoms with Crippen molar-refractivity contribution in [3.8, 4) is 6.07 Å². The number of aromatic nitrogens is 1. The Labute approximate surface area is 135 Å². The molecule has 0 saturated heterocycles. The Balaban J connectivity index is 1.71. The van der Waals surface area contributed by atoms with E-state index in [0.29, 0.717) is 28.5 Å². The third kappa shape index (κ3) is 3.11. The summed E-state index contributed by atoms with van der Waals surface area (Å²) in [6, 6.07) is 7.95. The molecular formula is C15H11ClFN3OS. The number of carbonyl (C=O) groups excluding carboxylic acids is 1. The van der Waals surface area contributed by atoms with E-state index in [9.17, 15) is 9.18 Å². The quantitative estimate of drug-likeness (QED) is 0.894. The molecule has 0 bridgehead atoms. The second-order valence-electron chi connectivity index (χ2n) is 5.07. The second-order valence-corrected chi connectivity index (χ2v) is 6.60. The third-order valence-corrected chi connectivity index (χ3v) is 4.81. The molecule has 1 saturated carbocycles. The average molecular weight is 336 g/mol. The maximum atomic E-state index is 13.0. The van der Waals surface area contributed by atoms with Crippen LogP contribution in [0.3, 0.4) is 0 Å². The van der Waals surface area contributed by atoms with Crippen LogP contribution in [-0.2, 0) is 0 Å². The lowest BCUT2D eigenvalue weighted by Crippen LogP contribution is -2.35. The molecule has 1 aromatic heterocycles. The molecule has 112 valence electrons. The van der Waals surface area contributed by atoms with Crippen molar-refractivity contribution in [2.75, 3.05) is 0 Å². The van der Waals surface area contributed by atoms with E-state index in [4.69, 9.17) is 16.9 Å². The molecule has 1 aliphatic rings. The fourth-order valence-corrected chi connectivity index (χ4v) is 3.05. The molecule has 4 nitrogen and oxygen atoms in total. The predicted octanol–water partition coefficient (Wildman–Crippen LogP) is 3.74. The number of nitrogens with one attached hydrogen (secondary N) is 2. The summed E-state index contributed by atoms with van der Waals surface area (Å²) in [6.45, 7) is 0. The van der Waals surface area contributed by atoms with Crippen molar-refractivity contribution in [3.05, 3.63) is 47.0 Å². The first kappa shape index (κ1) is 14.9. The number of hydrogen-bond donors (Lipinski definition) is 2. The molecular weight excluding hydrogens is 325 g/mol. The fraction of sp³-hybridized carbons (Fsp3) is 0.200. The molecule has 1 fully saturated rings. The summed E-state index contributed by atoms with van der Waals surface area (Å²) in [5.74, 6) is -0.703. The van der Waals surface area contributed by atoms with Gasteiger partial charge in [-0.15, -0.1) is 0 Å². The number of aromatic amines is 1. The van der Waals surface area contributed by atoms with Gasteiger partial charge in [-0.2, -0.15) is 5.26 Å². The SMILES string of the molecule is N#CC1(NC(=O)c2cc(Sc3ccc(F)cc3Cl)c[nH]2)CC1. The van der Waals surface area contributed by atoms with Crippen LogP contribution in [0.5, 0.6) is 0 Å². The molecule has 1 aliphatic carbocycles. The van der Waals surface area contributed by atoms with Crippen molar-refractivity contribution in [3.63, 3.8) is 0 Å². The van der Waals surface area contributed by atoms with Crippen molar-refractivity contribution in [2.45, 2.75) is 28.2 Å². The van der Waals surface area contributed by atoms with E-state index in [1.54, 1.807) is 18.3 Å². The topological polar surface area (TPSA) is 68.7 Å². The number of amides is 1. The number of nitriles is 1. The monoisotopic (exact) mass is 335 g/mol. The number of rotatable bonds is 4. The number of carbonyl (C=O) groups is 1. The van der Waals surface area contributed by atoms with E-state index in [-0.39, 0.29) is 5.91 Å². The lowest BCUT2D eigenvalue weighted by Gasteiger charge is -2.07. The van der Waals surface area contributed by atoms with Crippen molar-refractivity contribution < 1.29 is 9.18 Å². The van der Waals surface area contributed by atoms with Gasteiger partial charge in [0, 0.05) is 16.0 Å². The third-order valence-electron chi connectivity index (χ3n) is 3.34. The Kier molecular flexibility index (Phi) is 3.85. The number of hydrogen-bond acceptors (Lipinski definition) is 3. The lowest BCUT2D eigenvalue weighted by atomic mass is 10.3. The smallest absolute Gasteiger partial charge is 0.268 e. The van der Waals surface area contributed by atoms with Crippen molar-refractivity contribution in [1.82, 2.24) is 10.3 Å². The summed E-state index contributed by atoms with van der Waals surface area (Å²) in [5.41, 5.74) is -0.322. The molecule has 0 spiro atoms. The van der Waals surface area contributed by atoms with Crippen molar-refractivity contribution in [2.24, 2.45) is 0 Å². The second kappa shape index (κ2) is 5.67. The molecule has 0 aliphatic heterocycles. The highest BCUT2D eigenvalue weighted by Crippen LogP contribution is 2.36. The largest absolute Gasteiger partial charge is 0.356 e. The number of H-pyrrole nitrogens is 1. The van der Waals surface area contributed by atoms with Crippen LogP contribution in [-0.4, -0.2) is 16.4 Å².